The van der Waals surface area contributed by atoms with E-state index in [9.17, 15) is 0 Å². The molecule has 124 valence electrons. The molecule has 1 aromatic carbocycles. The van der Waals surface area contributed by atoms with Crippen molar-refractivity contribution in [1.82, 2.24) is 39.3 Å². The number of fused-ring (bicyclic) bond motifs is 5. The standard InChI is InChI=1S/C15H10Cl2N8/c16-9-1-2-11-10(5-9)15-20-13(7-23-4-3-19-22-23)21-25(15)6-12-14(17)18-8-24(11)12/h1-5,8H,6-7H2. The number of aromatic nitrogens is 8. The Bertz CT molecular complexity index is 1080. The Balaban J connectivity index is 1.70. The highest BCUT2D eigenvalue weighted by atomic mass is 35.5. The third-order valence-electron chi connectivity index (χ3n) is 4.06. The normalized spacial score (nSPS) is 12.4. The van der Waals surface area contributed by atoms with Crippen LogP contribution in [0, 0.1) is 0 Å². The van der Waals surface area contributed by atoms with E-state index in [0.717, 1.165) is 22.8 Å². The van der Waals surface area contributed by atoms with Crippen LogP contribution in [0.3, 0.4) is 0 Å². The summed E-state index contributed by atoms with van der Waals surface area (Å²) in [6, 6.07) is 5.64. The van der Waals surface area contributed by atoms with Crippen LogP contribution in [-0.4, -0.2) is 39.3 Å². The zero-order chi connectivity index (χ0) is 17.0. The summed E-state index contributed by atoms with van der Waals surface area (Å²) in [5, 5.41) is 13.4. The molecule has 0 spiro atoms. The number of imidazole rings is 1. The number of hydrogen-bond acceptors (Lipinski definition) is 5. The lowest BCUT2D eigenvalue weighted by atomic mass is 10.1. The Hall–Kier alpha value is -2.71. The van der Waals surface area contributed by atoms with Gasteiger partial charge in [0.05, 0.1) is 24.1 Å². The number of halogens is 2. The highest BCUT2D eigenvalue weighted by Crippen LogP contribution is 2.34. The molecule has 0 radical (unpaired) electrons. The van der Waals surface area contributed by atoms with Gasteiger partial charge in [-0.2, -0.15) is 5.10 Å². The van der Waals surface area contributed by atoms with Gasteiger partial charge < -0.3 is 0 Å². The van der Waals surface area contributed by atoms with E-state index < -0.39 is 0 Å². The smallest absolute Gasteiger partial charge is 0.172 e. The molecule has 3 aromatic heterocycles. The number of hydrogen-bond donors (Lipinski definition) is 0. The van der Waals surface area contributed by atoms with Crippen LogP contribution in [0.15, 0.2) is 36.9 Å². The second-order valence-corrected chi connectivity index (χ2v) is 6.42. The largest absolute Gasteiger partial charge is 0.299 e. The van der Waals surface area contributed by atoms with Crippen molar-refractivity contribution in [3.05, 3.63) is 58.6 Å². The van der Waals surface area contributed by atoms with Gasteiger partial charge in [0.25, 0.3) is 0 Å². The average Bonchev–Trinajstić information content (AvgIpc) is 3.30. The fraction of sp³-hybridized carbons (Fsp3) is 0.133. The molecule has 1 aliphatic rings. The highest BCUT2D eigenvalue weighted by Gasteiger charge is 2.24. The van der Waals surface area contributed by atoms with E-state index in [1.54, 1.807) is 23.4 Å². The highest BCUT2D eigenvalue weighted by molar-refractivity contribution is 6.31. The number of nitrogens with zero attached hydrogens (tertiary/aromatic N) is 8. The van der Waals surface area contributed by atoms with Crippen molar-refractivity contribution in [3.63, 3.8) is 0 Å². The third kappa shape index (κ3) is 2.33. The zero-order valence-electron chi connectivity index (χ0n) is 12.7. The second kappa shape index (κ2) is 5.40. The van der Waals surface area contributed by atoms with Gasteiger partial charge in [-0.1, -0.05) is 28.4 Å². The molecule has 4 heterocycles. The van der Waals surface area contributed by atoms with Crippen molar-refractivity contribution in [2.45, 2.75) is 13.1 Å². The molecule has 10 heteroatoms. The van der Waals surface area contributed by atoms with Gasteiger partial charge in [-0.25, -0.2) is 19.3 Å². The molecule has 0 saturated heterocycles. The van der Waals surface area contributed by atoms with Crippen LogP contribution in [0.25, 0.3) is 17.1 Å². The van der Waals surface area contributed by atoms with E-state index in [0.29, 0.717) is 29.1 Å². The molecular weight excluding hydrogens is 363 g/mol. The van der Waals surface area contributed by atoms with Crippen molar-refractivity contribution < 1.29 is 0 Å². The summed E-state index contributed by atoms with van der Waals surface area (Å²) in [4.78, 5) is 8.90. The minimum absolute atomic E-state index is 0.433. The van der Waals surface area contributed by atoms with E-state index in [4.69, 9.17) is 23.2 Å². The molecule has 8 nitrogen and oxygen atoms in total. The van der Waals surface area contributed by atoms with Gasteiger partial charge in [0, 0.05) is 16.8 Å². The van der Waals surface area contributed by atoms with Crippen LogP contribution < -0.4 is 0 Å². The van der Waals surface area contributed by atoms with Crippen molar-refractivity contribution in [2.75, 3.05) is 0 Å². The van der Waals surface area contributed by atoms with E-state index >= 15 is 0 Å². The lowest BCUT2D eigenvalue weighted by molar-refractivity contribution is 0.605. The van der Waals surface area contributed by atoms with E-state index in [1.165, 1.54) is 0 Å². The molecule has 0 bridgehead atoms. The molecule has 0 atom stereocenters. The lowest BCUT2D eigenvalue weighted by Crippen LogP contribution is -2.07. The third-order valence-corrected chi connectivity index (χ3v) is 4.62. The SMILES string of the molecule is Clc1ccc2c(c1)-c1nc(Cn3ccnn3)nn1Cc1c(Cl)ncn1-2. The fourth-order valence-corrected chi connectivity index (χ4v) is 3.33. The van der Waals surface area contributed by atoms with Crippen molar-refractivity contribution >= 4 is 23.2 Å². The van der Waals surface area contributed by atoms with Gasteiger partial charge in [-0.15, -0.1) is 5.10 Å². The Morgan fingerprint density at radius 2 is 2.12 bits per heavy atom. The molecule has 25 heavy (non-hydrogen) atoms. The van der Waals surface area contributed by atoms with Gasteiger partial charge in [0.2, 0.25) is 0 Å². The molecule has 0 unspecified atom stereocenters. The summed E-state index contributed by atoms with van der Waals surface area (Å²) in [5.41, 5.74) is 2.64. The predicted octanol–water partition coefficient (Wildman–Crippen LogP) is 2.44. The molecule has 0 saturated carbocycles. The molecular formula is C15H10Cl2N8. The Kier molecular flexibility index (Phi) is 3.16. The van der Waals surface area contributed by atoms with Gasteiger partial charge in [0.15, 0.2) is 16.8 Å². The summed E-state index contributed by atoms with van der Waals surface area (Å²) in [5.74, 6) is 1.36. The first kappa shape index (κ1) is 14.6. The molecule has 4 aromatic rings. The number of rotatable bonds is 2. The van der Waals surface area contributed by atoms with Crippen LogP contribution in [-0.2, 0) is 13.1 Å². The number of benzene rings is 1. The summed E-state index contributed by atoms with van der Waals surface area (Å²) in [7, 11) is 0. The second-order valence-electron chi connectivity index (χ2n) is 5.62. The first-order chi connectivity index (χ1) is 12.2. The molecule has 0 aliphatic carbocycles. The maximum atomic E-state index is 6.27. The molecule has 5 rings (SSSR count). The first-order valence-corrected chi connectivity index (χ1v) is 8.24. The lowest BCUT2D eigenvalue weighted by Gasteiger charge is -2.08. The van der Waals surface area contributed by atoms with E-state index in [-0.39, 0.29) is 0 Å². The van der Waals surface area contributed by atoms with Crippen molar-refractivity contribution in [3.8, 4) is 17.1 Å². The summed E-state index contributed by atoms with van der Waals surface area (Å²) in [6.45, 7) is 0.897. The maximum absolute atomic E-state index is 6.27. The summed E-state index contributed by atoms with van der Waals surface area (Å²) < 4.78 is 5.43. The van der Waals surface area contributed by atoms with Gasteiger partial charge in [-0.3, -0.25) is 4.57 Å². The maximum Gasteiger partial charge on any atom is 0.172 e. The molecule has 1 aliphatic heterocycles. The Morgan fingerprint density at radius 3 is 2.96 bits per heavy atom. The van der Waals surface area contributed by atoms with Gasteiger partial charge >= 0.3 is 0 Å². The first-order valence-electron chi connectivity index (χ1n) is 7.49. The molecule has 0 fully saturated rings. The van der Waals surface area contributed by atoms with Crippen LogP contribution in [0.2, 0.25) is 10.2 Å². The summed E-state index contributed by atoms with van der Waals surface area (Å²) in [6.07, 6.45) is 5.09. The minimum Gasteiger partial charge on any atom is -0.299 e. The van der Waals surface area contributed by atoms with Crippen molar-refractivity contribution in [1.29, 1.82) is 0 Å². The molecule has 0 amide bonds. The molecule has 0 N–H and O–H groups in total. The topological polar surface area (TPSA) is 79.2 Å². The van der Waals surface area contributed by atoms with Crippen LogP contribution in [0.1, 0.15) is 11.5 Å². The predicted molar refractivity (Wildman–Crippen MR) is 90.8 cm³/mol. The van der Waals surface area contributed by atoms with Gasteiger partial charge in [-0.05, 0) is 18.2 Å². The van der Waals surface area contributed by atoms with Crippen LogP contribution in [0.5, 0.6) is 0 Å². The van der Waals surface area contributed by atoms with Crippen molar-refractivity contribution in [2.24, 2.45) is 0 Å². The van der Waals surface area contributed by atoms with E-state index in [1.807, 2.05) is 27.4 Å². The van der Waals surface area contributed by atoms with E-state index in [2.05, 4.69) is 25.4 Å². The van der Waals surface area contributed by atoms with Crippen LogP contribution >= 0.6 is 23.2 Å². The Morgan fingerprint density at radius 1 is 1.20 bits per heavy atom. The average molecular weight is 373 g/mol. The summed E-state index contributed by atoms with van der Waals surface area (Å²) >= 11 is 12.5. The quantitative estimate of drug-likeness (QED) is 0.475. The fourth-order valence-electron chi connectivity index (χ4n) is 2.97. The monoisotopic (exact) mass is 372 g/mol. The minimum atomic E-state index is 0.433. The Labute approximate surface area is 151 Å². The van der Waals surface area contributed by atoms with Crippen LogP contribution in [0.4, 0.5) is 0 Å². The van der Waals surface area contributed by atoms with Gasteiger partial charge in [0.1, 0.15) is 12.9 Å². The zero-order valence-corrected chi connectivity index (χ0v) is 14.2.